The lowest BCUT2D eigenvalue weighted by Crippen LogP contribution is -2.43. The number of imidazole rings is 1. The van der Waals surface area contributed by atoms with Gasteiger partial charge in [0.25, 0.3) is 5.91 Å². The van der Waals surface area contributed by atoms with Crippen LogP contribution in [-0.2, 0) is 14.3 Å². The Morgan fingerprint density at radius 1 is 1.18 bits per heavy atom. The molecule has 0 bridgehead atoms. The van der Waals surface area contributed by atoms with Crippen LogP contribution in [-0.4, -0.2) is 89.7 Å². The first kappa shape index (κ1) is 27.1. The smallest absolute Gasteiger partial charge is 0.410 e. The van der Waals surface area contributed by atoms with E-state index in [1.54, 1.807) is 4.90 Å². The van der Waals surface area contributed by atoms with Crippen LogP contribution in [0.15, 0.2) is 6.33 Å². The number of nitrogens with zero attached hydrogens (tertiary/aromatic N) is 5. The van der Waals surface area contributed by atoms with Crippen LogP contribution >= 0.6 is 0 Å². The molecule has 1 unspecified atom stereocenters. The highest BCUT2D eigenvalue weighted by Gasteiger charge is 2.48. The van der Waals surface area contributed by atoms with Crippen LogP contribution in [0.5, 0.6) is 0 Å². The molecule has 13 nitrogen and oxygen atoms in total. The minimum absolute atomic E-state index is 0.0877. The van der Waals surface area contributed by atoms with E-state index in [1.165, 1.54) is 10.9 Å². The Hall–Kier alpha value is -3.47. The number of carbonyl (C=O) groups excluding carboxylic acids is 2. The van der Waals surface area contributed by atoms with Crippen LogP contribution in [0.1, 0.15) is 64.9 Å². The van der Waals surface area contributed by atoms with E-state index in [9.17, 15) is 19.8 Å². The second-order valence-electron chi connectivity index (χ2n) is 11.4. The quantitative estimate of drug-likeness (QED) is 0.403. The molecular weight excluding hydrogens is 506 g/mol. The lowest BCUT2D eigenvalue weighted by Gasteiger charge is -2.32. The predicted octanol–water partition coefficient (Wildman–Crippen LogP) is 0.695. The summed E-state index contributed by atoms with van der Waals surface area (Å²) in [5.74, 6) is 6.24. The van der Waals surface area contributed by atoms with Crippen LogP contribution in [0.3, 0.4) is 0 Å². The number of aromatic nitrogens is 4. The minimum atomic E-state index is -1.41. The second-order valence-corrected chi connectivity index (χ2v) is 11.4. The van der Waals surface area contributed by atoms with Crippen LogP contribution in [0, 0.1) is 17.8 Å². The normalized spacial score (nSPS) is 25.8. The highest BCUT2D eigenvalue weighted by Crippen LogP contribution is 2.33. The topological polar surface area (TPSA) is 178 Å². The third-order valence-corrected chi connectivity index (χ3v) is 7.00. The third kappa shape index (κ3) is 6.08. The van der Waals surface area contributed by atoms with Crippen molar-refractivity contribution >= 4 is 29.0 Å². The number of piperidine rings is 1. The van der Waals surface area contributed by atoms with E-state index in [1.807, 2.05) is 20.8 Å². The van der Waals surface area contributed by atoms with Crippen molar-refractivity contribution in [2.45, 2.75) is 89.1 Å². The second kappa shape index (κ2) is 10.6. The Morgan fingerprint density at radius 2 is 1.90 bits per heavy atom. The van der Waals surface area contributed by atoms with E-state index in [2.05, 4.69) is 32.1 Å². The maximum absolute atomic E-state index is 12.5. The first-order valence-electron chi connectivity index (χ1n) is 13.3. The van der Waals surface area contributed by atoms with Gasteiger partial charge in [0.15, 0.2) is 23.8 Å². The predicted molar refractivity (Wildman–Crippen MR) is 139 cm³/mol. The summed E-state index contributed by atoms with van der Waals surface area (Å²) in [7, 11) is 0. The van der Waals surface area contributed by atoms with E-state index >= 15 is 0 Å². The van der Waals surface area contributed by atoms with Gasteiger partial charge in [0.05, 0.1) is 6.33 Å². The molecule has 0 aromatic carbocycles. The van der Waals surface area contributed by atoms with Crippen LogP contribution in [0.4, 0.5) is 10.6 Å². The summed E-state index contributed by atoms with van der Waals surface area (Å²) in [6.07, 6.45) is 0.00354. The summed E-state index contributed by atoms with van der Waals surface area (Å²) in [5.41, 5.74) is 6.16. The van der Waals surface area contributed by atoms with Crippen molar-refractivity contribution < 1.29 is 29.3 Å². The summed E-state index contributed by atoms with van der Waals surface area (Å²) in [6.45, 7) is 6.79. The van der Waals surface area contributed by atoms with Gasteiger partial charge in [-0.3, -0.25) is 9.36 Å². The van der Waals surface area contributed by atoms with Gasteiger partial charge in [-0.1, -0.05) is 5.92 Å². The largest absolute Gasteiger partial charge is 0.444 e. The molecule has 2 saturated heterocycles. The van der Waals surface area contributed by atoms with Gasteiger partial charge >= 0.3 is 6.09 Å². The number of anilines is 1. The molecule has 2 aliphatic heterocycles. The van der Waals surface area contributed by atoms with E-state index in [4.69, 9.17) is 15.2 Å². The van der Waals surface area contributed by atoms with Crippen molar-refractivity contribution in [2.75, 3.05) is 18.8 Å². The van der Waals surface area contributed by atoms with Crippen molar-refractivity contribution in [1.82, 2.24) is 29.7 Å². The number of amides is 2. The van der Waals surface area contributed by atoms with Crippen molar-refractivity contribution in [1.29, 1.82) is 0 Å². The van der Waals surface area contributed by atoms with Gasteiger partial charge in [0.2, 0.25) is 5.82 Å². The maximum Gasteiger partial charge on any atom is 0.410 e. The summed E-state index contributed by atoms with van der Waals surface area (Å²) >= 11 is 0. The number of aliphatic hydroxyl groups excluding tert-OH is 2. The molecule has 2 aromatic rings. The molecule has 210 valence electrons. The Morgan fingerprint density at radius 3 is 2.56 bits per heavy atom. The molecule has 1 aliphatic carbocycles. The first-order chi connectivity index (χ1) is 18.5. The zero-order chi connectivity index (χ0) is 27.9. The lowest BCUT2D eigenvalue weighted by atomic mass is 9.94. The number of fused-ring (bicyclic) bond motifs is 1. The monoisotopic (exact) mass is 541 g/mol. The number of nitrogens with two attached hydrogens (primary N) is 1. The van der Waals surface area contributed by atoms with Gasteiger partial charge in [0.1, 0.15) is 23.3 Å². The Labute approximate surface area is 226 Å². The van der Waals surface area contributed by atoms with Crippen molar-refractivity contribution in [3.05, 3.63) is 12.2 Å². The molecular formula is C26H35N7O6. The van der Waals surface area contributed by atoms with Gasteiger partial charge in [-0.25, -0.2) is 19.7 Å². The Balaban J connectivity index is 1.24. The van der Waals surface area contributed by atoms with E-state index in [0.29, 0.717) is 30.9 Å². The van der Waals surface area contributed by atoms with Crippen molar-refractivity contribution in [2.24, 2.45) is 5.92 Å². The maximum atomic E-state index is 12.5. The standard InChI is InChI=1S/C26H35N7O6/c1-26(2,3)39-25(37)32-11-9-14(10-12-32)5-4-6-16-30-21(27)17-22(31-16)33(13-28-17)24-19(35)18(34)20(38-24)23(36)29-15-7-8-15/h13-15,18-20,24,34-35H,5,7-12H2,1-3H3,(H,29,36)(H2,27,30,31)/t18-,19+,20+,24?/m1/s1. The van der Waals surface area contributed by atoms with Crippen LogP contribution in [0.25, 0.3) is 11.2 Å². The number of aliphatic hydroxyl groups is 2. The van der Waals surface area contributed by atoms with Gasteiger partial charge in [0, 0.05) is 25.6 Å². The average molecular weight is 542 g/mol. The number of nitrogens with one attached hydrogen (secondary N) is 1. The molecule has 4 heterocycles. The molecule has 1 saturated carbocycles. The van der Waals surface area contributed by atoms with Gasteiger partial charge in [-0.15, -0.1) is 0 Å². The van der Waals surface area contributed by atoms with E-state index < -0.39 is 36.0 Å². The van der Waals surface area contributed by atoms with Crippen LogP contribution < -0.4 is 11.1 Å². The number of likely N-dealkylation sites (tertiary alicyclic amines) is 1. The highest BCUT2D eigenvalue weighted by atomic mass is 16.6. The summed E-state index contributed by atoms with van der Waals surface area (Å²) in [4.78, 5) is 39.4. The Kier molecular flexibility index (Phi) is 7.37. The highest BCUT2D eigenvalue weighted by molar-refractivity contribution is 5.83. The average Bonchev–Trinajstić information content (AvgIpc) is 3.50. The summed E-state index contributed by atoms with van der Waals surface area (Å²) < 4.78 is 12.6. The zero-order valence-corrected chi connectivity index (χ0v) is 22.3. The molecule has 0 radical (unpaired) electrons. The summed E-state index contributed by atoms with van der Waals surface area (Å²) in [6, 6.07) is 0.0877. The molecule has 13 heteroatoms. The molecule has 5 rings (SSSR count). The number of hydrogen-bond acceptors (Lipinski definition) is 10. The molecule has 5 N–H and O–H groups in total. The van der Waals surface area contributed by atoms with Gasteiger partial charge in [-0.05, 0) is 58.3 Å². The van der Waals surface area contributed by atoms with Crippen molar-refractivity contribution in [3.8, 4) is 11.8 Å². The fraction of sp³-hybridized carbons (Fsp3) is 0.654. The summed E-state index contributed by atoms with van der Waals surface area (Å²) in [5, 5.41) is 23.9. The first-order valence-corrected chi connectivity index (χ1v) is 13.3. The molecule has 4 atom stereocenters. The molecule has 3 fully saturated rings. The van der Waals surface area contributed by atoms with Gasteiger partial charge in [-0.2, -0.15) is 0 Å². The number of hydrogen-bond donors (Lipinski definition) is 4. The number of ether oxygens (including phenoxy) is 2. The molecule has 0 spiro atoms. The zero-order valence-electron chi connectivity index (χ0n) is 22.3. The van der Waals surface area contributed by atoms with Crippen LogP contribution in [0.2, 0.25) is 0 Å². The Bertz CT molecular complexity index is 1300. The van der Waals surface area contributed by atoms with E-state index in [0.717, 1.165) is 25.7 Å². The molecule has 39 heavy (non-hydrogen) atoms. The number of nitrogen functional groups attached to an aromatic ring is 1. The fourth-order valence-electron chi connectivity index (χ4n) is 4.72. The SMILES string of the molecule is CC(C)(C)OC(=O)N1CCC(CC#Cc2nc(N)c3ncn(C4O[C@H](C(=O)NC5CC5)[C@H](O)[C@@H]4O)c3n2)CC1. The number of rotatable bonds is 4. The molecule has 2 aromatic heterocycles. The fourth-order valence-corrected chi connectivity index (χ4v) is 4.72. The minimum Gasteiger partial charge on any atom is -0.444 e. The van der Waals surface area contributed by atoms with Crippen molar-refractivity contribution in [3.63, 3.8) is 0 Å². The number of carbonyl (C=O) groups is 2. The molecule has 3 aliphatic rings. The molecule has 2 amide bonds. The third-order valence-electron chi connectivity index (χ3n) is 7.00. The van der Waals surface area contributed by atoms with E-state index in [-0.39, 0.29) is 29.4 Å². The van der Waals surface area contributed by atoms with Gasteiger partial charge < -0.3 is 35.6 Å². The lowest BCUT2D eigenvalue weighted by molar-refractivity contribution is -0.137.